The van der Waals surface area contributed by atoms with E-state index in [4.69, 9.17) is 26.4 Å². The fraction of sp³-hybridized carbons (Fsp3) is 0.167. The predicted octanol–water partition coefficient (Wildman–Crippen LogP) is 5.27. The van der Waals surface area contributed by atoms with Gasteiger partial charge in [0, 0.05) is 5.56 Å². The molecule has 0 saturated carbocycles. The van der Waals surface area contributed by atoms with Gasteiger partial charge in [-0.3, -0.25) is 9.69 Å². The number of ether oxygens (including phenoxy) is 3. The largest absolute Gasteiger partial charge is 0.497 e. The summed E-state index contributed by atoms with van der Waals surface area (Å²) in [7, 11) is 4.87. The predicted molar refractivity (Wildman–Crippen MR) is 129 cm³/mol. The van der Waals surface area contributed by atoms with Crippen LogP contribution in [0.1, 0.15) is 11.1 Å². The number of thiocarbonyl (C=S) groups is 1. The van der Waals surface area contributed by atoms with E-state index in [0.717, 1.165) is 33.4 Å². The van der Waals surface area contributed by atoms with Crippen molar-refractivity contribution in [2.24, 2.45) is 0 Å². The second kappa shape index (κ2) is 8.99. The quantitative estimate of drug-likeness (QED) is 0.376. The van der Waals surface area contributed by atoms with Gasteiger partial charge in [0.05, 0.1) is 32.8 Å². The minimum atomic E-state index is -0.118. The fourth-order valence-electron chi connectivity index (χ4n) is 3.44. The number of nitrogens with zero attached hydrogens (tertiary/aromatic N) is 1. The number of rotatable bonds is 6. The Bertz CT molecular complexity index is 1180. The van der Waals surface area contributed by atoms with Crippen molar-refractivity contribution >= 4 is 51.1 Å². The first kappa shape index (κ1) is 21.2. The number of amides is 1. The van der Waals surface area contributed by atoms with Gasteiger partial charge in [-0.05, 0) is 52.7 Å². The van der Waals surface area contributed by atoms with E-state index < -0.39 is 0 Å². The van der Waals surface area contributed by atoms with Crippen molar-refractivity contribution in [1.29, 1.82) is 0 Å². The van der Waals surface area contributed by atoms with E-state index in [-0.39, 0.29) is 5.91 Å². The zero-order valence-corrected chi connectivity index (χ0v) is 19.0. The number of thioether (sulfide) groups is 1. The second-order valence-corrected chi connectivity index (χ2v) is 8.56. The van der Waals surface area contributed by atoms with E-state index in [1.54, 1.807) is 26.2 Å². The topological polar surface area (TPSA) is 48.0 Å². The number of hydrogen-bond acceptors (Lipinski definition) is 6. The maximum atomic E-state index is 13.2. The van der Waals surface area contributed by atoms with Crippen molar-refractivity contribution in [3.63, 3.8) is 0 Å². The SMILES string of the molecule is COc1ccc(CN2C(=O)/C(=C/c3c(OC)ccc4ccc(OC)cc34)SC2=S)cc1. The maximum Gasteiger partial charge on any atom is 0.266 e. The molecule has 0 bridgehead atoms. The van der Waals surface area contributed by atoms with E-state index in [2.05, 4.69) is 0 Å². The Balaban J connectivity index is 1.69. The highest BCUT2D eigenvalue weighted by atomic mass is 32.2. The average Bonchev–Trinajstić information content (AvgIpc) is 3.06. The summed E-state index contributed by atoms with van der Waals surface area (Å²) in [6.45, 7) is 0.409. The molecule has 5 nitrogen and oxygen atoms in total. The molecule has 4 rings (SSSR count). The molecule has 0 atom stereocenters. The molecule has 0 radical (unpaired) electrons. The summed E-state index contributed by atoms with van der Waals surface area (Å²) in [4.78, 5) is 15.3. The molecule has 158 valence electrons. The first-order valence-electron chi connectivity index (χ1n) is 9.57. The minimum absolute atomic E-state index is 0.118. The van der Waals surface area contributed by atoms with Gasteiger partial charge < -0.3 is 14.2 Å². The first-order valence-corrected chi connectivity index (χ1v) is 10.8. The monoisotopic (exact) mass is 451 g/mol. The Hall–Kier alpha value is -3.03. The molecule has 1 amide bonds. The molecular weight excluding hydrogens is 430 g/mol. The molecule has 3 aromatic rings. The van der Waals surface area contributed by atoms with Crippen molar-refractivity contribution in [2.75, 3.05) is 21.3 Å². The molecule has 0 unspecified atom stereocenters. The zero-order valence-electron chi connectivity index (χ0n) is 17.4. The normalized spacial score (nSPS) is 15.1. The Kier molecular flexibility index (Phi) is 6.15. The number of hydrogen-bond donors (Lipinski definition) is 0. The van der Waals surface area contributed by atoms with Gasteiger partial charge in [-0.15, -0.1) is 0 Å². The highest BCUT2D eigenvalue weighted by Crippen LogP contribution is 2.38. The van der Waals surface area contributed by atoms with E-state index in [0.29, 0.717) is 21.5 Å². The molecule has 1 aliphatic rings. The number of carbonyl (C=O) groups is 1. The Morgan fingerprint density at radius 1 is 0.935 bits per heavy atom. The van der Waals surface area contributed by atoms with Gasteiger partial charge in [-0.2, -0.15) is 0 Å². The van der Waals surface area contributed by atoms with Crippen LogP contribution in [0.3, 0.4) is 0 Å². The standard InChI is InChI=1S/C24H21NO4S2/c1-27-17-8-4-15(5-9-17)14-25-23(26)22(31-24(25)30)13-20-19-12-18(28-2)10-6-16(19)7-11-21(20)29-3/h4-13H,14H2,1-3H3/b22-13-. The summed E-state index contributed by atoms with van der Waals surface area (Å²) in [5.74, 6) is 2.07. The van der Waals surface area contributed by atoms with Gasteiger partial charge in [0.25, 0.3) is 5.91 Å². The molecule has 0 spiro atoms. The van der Waals surface area contributed by atoms with Crippen LogP contribution in [-0.2, 0) is 11.3 Å². The number of fused-ring (bicyclic) bond motifs is 1. The second-order valence-electron chi connectivity index (χ2n) is 6.88. The number of benzene rings is 3. The van der Waals surface area contributed by atoms with Gasteiger partial charge in [0.1, 0.15) is 21.6 Å². The highest BCUT2D eigenvalue weighted by molar-refractivity contribution is 8.26. The summed E-state index contributed by atoms with van der Waals surface area (Å²) < 4.78 is 16.7. The van der Waals surface area contributed by atoms with Crippen LogP contribution in [0.25, 0.3) is 16.8 Å². The molecule has 0 N–H and O–H groups in total. The molecule has 3 aromatic carbocycles. The Morgan fingerprint density at radius 2 is 1.61 bits per heavy atom. The van der Waals surface area contributed by atoms with Crippen molar-refractivity contribution < 1.29 is 19.0 Å². The lowest BCUT2D eigenvalue weighted by Crippen LogP contribution is -2.27. The maximum absolute atomic E-state index is 13.2. The molecule has 1 heterocycles. The molecule has 0 aliphatic carbocycles. The molecule has 1 fully saturated rings. The van der Waals surface area contributed by atoms with Crippen LogP contribution < -0.4 is 14.2 Å². The van der Waals surface area contributed by atoms with E-state index >= 15 is 0 Å². The van der Waals surface area contributed by atoms with Crippen LogP contribution in [0.15, 0.2) is 59.5 Å². The van der Waals surface area contributed by atoms with Crippen LogP contribution in [0.4, 0.5) is 0 Å². The Morgan fingerprint density at radius 3 is 2.29 bits per heavy atom. The number of carbonyl (C=O) groups excluding carboxylic acids is 1. The van der Waals surface area contributed by atoms with Crippen molar-refractivity contribution in [2.45, 2.75) is 6.54 Å². The van der Waals surface area contributed by atoms with E-state index in [1.807, 2.05) is 60.7 Å². The third kappa shape index (κ3) is 4.24. The van der Waals surface area contributed by atoms with E-state index in [9.17, 15) is 4.79 Å². The van der Waals surface area contributed by atoms with Crippen LogP contribution in [0.2, 0.25) is 0 Å². The number of methoxy groups -OCH3 is 3. The third-order valence-electron chi connectivity index (χ3n) is 5.10. The highest BCUT2D eigenvalue weighted by Gasteiger charge is 2.32. The summed E-state index contributed by atoms with van der Waals surface area (Å²) in [5, 5.41) is 1.97. The molecular formula is C24H21NO4S2. The van der Waals surface area contributed by atoms with Crippen molar-refractivity contribution in [1.82, 2.24) is 4.90 Å². The van der Waals surface area contributed by atoms with Crippen LogP contribution in [0, 0.1) is 0 Å². The van der Waals surface area contributed by atoms with Gasteiger partial charge in [-0.25, -0.2) is 0 Å². The lowest BCUT2D eigenvalue weighted by atomic mass is 10.0. The lowest BCUT2D eigenvalue weighted by Gasteiger charge is -2.15. The summed E-state index contributed by atoms with van der Waals surface area (Å²) >= 11 is 6.81. The first-order chi connectivity index (χ1) is 15.0. The minimum Gasteiger partial charge on any atom is -0.497 e. The van der Waals surface area contributed by atoms with Gasteiger partial charge in [0.15, 0.2) is 0 Å². The fourth-order valence-corrected chi connectivity index (χ4v) is 4.67. The van der Waals surface area contributed by atoms with Crippen LogP contribution in [0.5, 0.6) is 17.2 Å². The van der Waals surface area contributed by atoms with Crippen LogP contribution in [-0.4, -0.2) is 36.5 Å². The van der Waals surface area contributed by atoms with Gasteiger partial charge in [0.2, 0.25) is 0 Å². The van der Waals surface area contributed by atoms with Gasteiger partial charge >= 0.3 is 0 Å². The molecule has 1 saturated heterocycles. The van der Waals surface area contributed by atoms with Crippen molar-refractivity contribution in [3.05, 3.63) is 70.6 Å². The molecule has 7 heteroatoms. The molecule has 0 aromatic heterocycles. The van der Waals surface area contributed by atoms with Crippen LogP contribution >= 0.6 is 24.0 Å². The Labute approximate surface area is 190 Å². The third-order valence-corrected chi connectivity index (χ3v) is 6.48. The lowest BCUT2D eigenvalue weighted by molar-refractivity contribution is -0.122. The van der Waals surface area contributed by atoms with Crippen molar-refractivity contribution in [3.8, 4) is 17.2 Å². The average molecular weight is 452 g/mol. The zero-order chi connectivity index (χ0) is 22.0. The molecule has 1 aliphatic heterocycles. The molecule has 31 heavy (non-hydrogen) atoms. The summed E-state index contributed by atoms with van der Waals surface area (Å²) in [6.07, 6.45) is 1.86. The van der Waals surface area contributed by atoms with Gasteiger partial charge in [-0.1, -0.05) is 48.2 Å². The van der Waals surface area contributed by atoms with E-state index in [1.165, 1.54) is 11.8 Å². The summed E-state index contributed by atoms with van der Waals surface area (Å²) in [5.41, 5.74) is 1.80. The smallest absolute Gasteiger partial charge is 0.266 e. The summed E-state index contributed by atoms with van der Waals surface area (Å²) in [6, 6.07) is 17.3.